The van der Waals surface area contributed by atoms with E-state index in [1.165, 1.54) is 6.08 Å². The Morgan fingerprint density at radius 2 is 2.64 bits per heavy atom. The molecule has 0 aliphatic heterocycles. The third kappa shape index (κ3) is 3.42. The first-order valence-electron chi connectivity index (χ1n) is 4.04. The van der Waals surface area contributed by atoms with Crippen molar-refractivity contribution in [3.8, 4) is 12.3 Å². The van der Waals surface area contributed by atoms with E-state index in [1.807, 2.05) is 12.3 Å². The van der Waals surface area contributed by atoms with Crippen LogP contribution in [0.3, 0.4) is 0 Å². The monoisotopic (exact) mass is 206 g/mol. The van der Waals surface area contributed by atoms with E-state index < -0.39 is 0 Å². The van der Waals surface area contributed by atoms with Crippen LogP contribution in [0.5, 0.6) is 0 Å². The van der Waals surface area contributed by atoms with Gasteiger partial charge in [0.15, 0.2) is 0 Å². The van der Waals surface area contributed by atoms with Gasteiger partial charge in [0.25, 0.3) is 0 Å². The van der Waals surface area contributed by atoms with Gasteiger partial charge in [-0.2, -0.15) is 0 Å². The van der Waals surface area contributed by atoms with E-state index in [1.54, 1.807) is 17.4 Å². The predicted octanol–water partition coefficient (Wildman–Crippen LogP) is 1.21. The lowest BCUT2D eigenvalue weighted by molar-refractivity contribution is -0.116. The Hall–Kier alpha value is -1.60. The number of nitrogens with zero attached hydrogens (tertiary/aromatic N) is 1. The zero-order valence-corrected chi connectivity index (χ0v) is 8.60. The van der Waals surface area contributed by atoms with Crippen molar-refractivity contribution in [3.63, 3.8) is 0 Å². The summed E-state index contributed by atoms with van der Waals surface area (Å²) in [6.45, 7) is 2.17. The topological polar surface area (TPSA) is 42.0 Å². The Morgan fingerprint density at radius 1 is 1.86 bits per heavy atom. The van der Waals surface area contributed by atoms with Crippen molar-refractivity contribution >= 4 is 23.3 Å². The number of terminal acetylenes is 1. The van der Waals surface area contributed by atoms with Crippen molar-refractivity contribution in [2.24, 2.45) is 0 Å². The lowest BCUT2D eigenvalue weighted by Crippen LogP contribution is -2.20. The van der Waals surface area contributed by atoms with Gasteiger partial charge >= 0.3 is 0 Å². The number of hydrogen-bond acceptors (Lipinski definition) is 3. The summed E-state index contributed by atoms with van der Waals surface area (Å²) in [6.07, 6.45) is 8.07. The highest BCUT2D eigenvalue weighted by molar-refractivity contribution is 7.09. The molecular weight excluding hydrogens is 196 g/mol. The molecule has 0 aliphatic rings. The molecule has 1 heterocycles. The Labute approximate surface area is 86.9 Å². The minimum atomic E-state index is -0.200. The molecule has 0 fully saturated rings. The average molecular weight is 206 g/mol. The van der Waals surface area contributed by atoms with Crippen LogP contribution >= 0.6 is 11.3 Å². The second-order valence-corrected chi connectivity index (χ2v) is 3.61. The Bertz CT molecular complexity index is 387. The summed E-state index contributed by atoms with van der Waals surface area (Å²) in [7, 11) is 0. The second-order valence-electron chi connectivity index (χ2n) is 2.55. The maximum Gasteiger partial charge on any atom is 0.244 e. The van der Waals surface area contributed by atoms with Gasteiger partial charge in [0.2, 0.25) is 5.91 Å². The summed E-state index contributed by atoms with van der Waals surface area (Å²) < 4.78 is 0. The fraction of sp³-hybridized carbons (Fsp3) is 0.200. The van der Waals surface area contributed by atoms with Gasteiger partial charge in [0.05, 0.1) is 17.2 Å². The molecule has 0 saturated carbocycles. The minimum Gasteiger partial charge on any atom is -0.342 e. The van der Waals surface area contributed by atoms with Gasteiger partial charge in [0.1, 0.15) is 0 Å². The molecule has 0 radical (unpaired) electrons. The summed E-state index contributed by atoms with van der Waals surface area (Å²) in [5, 5.41) is 5.39. The maximum atomic E-state index is 11.1. The smallest absolute Gasteiger partial charge is 0.244 e. The normalized spacial score (nSPS) is 10.0. The number of aryl methyl sites for hydroxylation is 1. The molecule has 4 heteroatoms. The van der Waals surface area contributed by atoms with E-state index >= 15 is 0 Å². The Kier molecular flexibility index (Phi) is 3.89. The molecular formula is C10H10N2OS. The van der Waals surface area contributed by atoms with Gasteiger partial charge in [-0.1, -0.05) is 5.92 Å². The fourth-order valence-corrected chi connectivity index (χ4v) is 1.40. The van der Waals surface area contributed by atoms with Crippen LogP contribution in [0.25, 0.3) is 6.08 Å². The molecule has 0 unspecified atom stereocenters. The molecule has 1 N–H and O–H groups in total. The predicted molar refractivity (Wildman–Crippen MR) is 57.7 cm³/mol. The third-order valence-electron chi connectivity index (χ3n) is 1.41. The van der Waals surface area contributed by atoms with Crippen molar-refractivity contribution in [3.05, 3.63) is 22.2 Å². The van der Waals surface area contributed by atoms with Crippen LogP contribution in [0, 0.1) is 19.3 Å². The third-order valence-corrected chi connectivity index (χ3v) is 2.20. The first-order chi connectivity index (χ1) is 6.72. The molecule has 0 spiro atoms. The summed E-state index contributed by atoms with van der Waals surface area (Å²) in [4.78, 5) is 15.2. The number of aromatic nitrogens is 1. The first-order valence-corrected chi connectivity index (χ1v) is 4.92. The van der Waals surface area contributed by atoms with Crippen molar-refractivity contribution in [1.29, 1.82) is 0 Å². The Balaban J connectivity index is 2.48. The molecule has 0 aliphatic carbocycles. The molecule has 0 bridgehead atoms. The molecule has 0 aromatic carbocycles. The highest BCUT2D eigenvalue weighted by Gasteiger charge is 1.95. The lowest BCUT2D eigenvalue weighted by Gasteiger charge is -1.92. The van der Waals surface area contributed by atoms with Crippen molar-refractivity contribution in [2.45, 2.75) is 6.92 Å². The van der Waals surface area contributed by atoms with Crippen LogP contribution in [0.15, 0.2) is 11.5 Å². The summed E-state index contributed by atoms with van der Waals surface area (Å²) in [5.41, 5.74) is 0.795. The second kappa shape index (κ2) is 5.20. The molecule has 72 valence electrons. The van der Waals surface area contributed by atoms with Crippen LogP contribution in [0.4, 0.5) is 0 Å². The number of carbonyl (C=O) groups excluding carboxylic acids is 1. The highest BCUT2D eigenvalue weighted by atomic mass is 32.1. The summed E-state index contributed by atoms with van der Waals surface area (Å²) in [6, 6.07) is 0. The van der Waals surface area contributed by atoms with Gasteiger partial charge in [-0.25, -0.2) is 4.98 Å². The summed E-state index contributed by atoms with van der Waals surface area (Å²) in [5.74, 6) is 2.12. The molecule has 1 rings (SSSR count). The quantitative estimate of drug-likeness (QED) is 0.596. The van der Waals surface area contributed by atoms with Crippen molar-refractivity contribution < 1.29 is 4.79 Å². The number of nitrogens with one attached hydrogen (secondary N) is 1. The average Bonchev–Trinajstić information content (AvgIpc) is 2.58. The minimum absolute atomic E-state index is 0.200. The van der Waals surface area contributed by atoms with E-state index in [-0.39, 0.29) is 12.5 Å². The number of thiazole rings is 1. The van der Waals surface area contributed by atoms with E-state index in [9.17, 15) is 4.79 Å². The van der Waals surface area contributed by atoms with Crippen LogP contribution in [-0.4, -0.2) is 17.4 Å². The van der Waals surface area contributed by atoms with Crippen molar-refractivity contribution in [2.75, 3.05) is 6.54 Å². The molecule has 14 heavy (non-hydrogen) atoms. The van der Waals surface area contributed by atoms with Gasteiger partial charge in [0, 0.05) is 11.5 Å². The van der Waals surface area contributed by atoms with Gasteiger partial charge < -0.3 is 5.32 Å². The fourth-order valence-electron chi connectivity index (χ4n) is 0.815. The van der Waals surface area contributed by atoms with Crippen LogP contribution in [0.2, 0.25) is 0 Å². The van der Waals surface area contributed by atoms with Crippen LogP contribution < -0.4 is 5.32 Å². The first kappa shape index (κ1) is 10.5. The van der Waals surface area contributed by atoms with Crippen LogP contribution in [0.1, 0.15) is 10.7 Å². The molecule has 1 aromatic heterocycles. The number of hydrogen-bond donors (Lipinski definition) is 1. The van der Waals surface area contributed by atoms with Gasteiger partial charge in [-0.05, 0) is 13.0 Å². The molecule has 0 saturated heterocycles. The molecule has 0 atom stereocenters. The SMILES string of the molecule is C#CCNC(=O)C=Cc1csc(C)n1. The van der Waals surface area contributed by atoms with Crippen LogP contribution in [-0.2, 0) is 4.79 Å². The number of amides is 1. The zero-order chi connectivity index (χ0) is 10.4. The molecule has 3 nitrogen and oxygen atoms in total. The molecule has 1 amide bonds. The number of rotatable bonds is 3. The van der Waals surface area contributed by atoms with Gasteiger partial charge in [-0.3, -0.25) is 4.79 Å². The largest absolute Gasteiger partial charge is 0.342 e. The van der Waals surface area contributed by atoms with E-state index in [4.69, 9.17) is 6.42 Å². The molecule has 1 aromatic rings. The Morgan fingerprint density at radius 3 is 3.21 bits per heavy atom. The van der Waals surface area contributed by atoms with Crippen molar-refractivity contribution in [1.82, 2.24) is 10.3 Å². The zero-order valence-electron chi connectivity index (χ0n) is 7.78. The van der Waals surface area contributed by atoms with E-state index in [0.29, 0.717) is 0 Å². The van der Waals surface area contributed by atoms with E-state index in [2.05, 4.69) is 16.2 Å². The van der Waals surface area contributed by atoms with Gasteiger partial charge in [-0.15, -0.1) is 17.8 Å². The standard InChI is InChI=1S/C10H10N2OS/c1-3-6-11-10(13)5-4-9-7-14-8(2)12-9/h1,4-5,7H,6H2,2H3,(H,11,13). The number of carbonyl (C=O) groups is 1. The van der Waals surface area contributed by atoms with E-state index in [0.717, 1.165) is 10.7 Å². The lowest BCUT2D eigenvalue weighted by atomic mass is 10.4. The summed E-state index contributed by atoms with van der Waals surface area (Å²) >= 11 is 1.55. The highest BCUT2D eigenvalue weighted by Crippen LogP contribution is 2.08. The maximum absolute atomic E-state index is 11.1.